The highest BCUT2D eigenvalue weighted by atomic mass is 16.3. The number of piperidine rings is 1. The standard InChI is InChI=1S/C22H19N5O2/c1-12-8-16(26-19-18(12)24-11-25-20(19)23)14-5-3-4-13(9-14)6-7-22(29)15-10-17(15)27(2)21(22)28/h3-5,8-9,11,15,17,29H,10H2,1-2H3,(H2,23,24,25)/t15?,17-,22+/m1/s1. The van der Waals surface area contributed by atoms with Gasteiger partial charge in [-0.1, -0.05) is 24.0 Å². The molecule has 1 saturated heterocycles. The number of likely N-dealkylation sites (tertiary alicyclic amines) is 1. The Labute approximate surface area is 167 Å². The molecule has 3 heterocycles. The second-order valence-electron chi connectivity index (χ2n) is 7.70. The fourth-order valence-electron chi connectivity index (χ4n) is 4.07. The van der Waals surface area contributed by atoms with Gasteiger partial charge in [-0.2, -0.15) is 0 Å². The van der Waals surface area contributed by atoms with Crippen LogP contribution in [-0.4, -0.2) is 49.6 Å². The summed E-state index contributed by atoms with van der Waals surface area (Å²) in [6.45, 7) is 1.95. The predicted octanol–water partition coefficient (Wildman–Crippen LogP) is 1.53. The van der Waals surface area contributed by atoms with Crippen molar-refractivity contribution in [3.8, 4) is 23.1 Å². The number of hydrogen-bond acceptors (Lipinski definition) is 6. The number of benzene rings is 1. The fourth-order valence-corrected chi connectivity index (χ4v) is 4.07. The van der Waals surface area contributed by atoms with Crippen LogP contribution in [0, 0.1) is 24.7 Å². The molecule has 144 valence electrons. The van der Waals surface area contributed by atoms with Gasteiger partial charge in [0, 0.05) is 30.1 Å². The van der Waals surface area contributed by atoms with E-state index < -0.39 is 5.60 Å². The fraction of sp³-hybridized carbons (Fsp3) is 0.273. The molecule has 1 aromatic carbocycles. The molecule has 1 unspecified atom stereocenters. The molecule has 0 spiro atoms. The number of rotatable bonds is 1. The number of pyridine rings is 1. The summed E-state index contributed by atoms with van der Waals surface area (Å²) >= 11 is 0. The average Bonchev–Trinajstić information content (AvgIpc) is 3.50. The maximum atomic E-state index is 12.3. The monoisotopic (exact) mass is 385 g/mol. The summed E-state index contributed by atoms with van der Waals surface area (Å²) < 4.78 is 0. The summed E-state index contributed by atoms with van der Waals surface area (Å²) in [5, 5.41) is 10.8. The molecule has 0 bridgehead atoms. The number of nitrogens with two attached hydrogens (primary N) is 1. The first-order chi connectivity index (χ1) is 13.9. The van der Waals surface area contributed by atoms with Crippen LogP contribution in [0.3, 0.4) is 0 Å². The molecule has 1 amide bonds. The van der Waals surface area contributed by atoms with E-state index >= 15 is 0 Å². The van der Waals surface area contributed by atoms with E-state index in [1.54, 1.807) is 11.9 Å². The zero-order valence-corrected chi connectivity index (χ0v) is 16.0. The number of hydrogen-bond donors (Lipinski definition) is 2. The highest BCUT2D eigenvalue weighted by molar-refractivity contribution is 5.93. The first kappa shape index (κ1) is 17.6. The minimum absolute atomic E-state index is 0.0940. The van der Waals surface area contributed by atoms with Crippen molar-refractivity contribution in [1.29, 1.82) is 0 Å². The summed E-state index contributed by atoms with van der Waals surface area (Å²) in [4.78, 5) is 26.8. The minimum Gasteiger partial charge on any atom is -0.382 e. The van der Waals surface area contributed by atoms with Crippen molar-refractivity contribution in [2.45, 2.75) is 25.0 Å². The summed E-state index contributed by atoms with van der Waals surface area (Å²) in [6, 6.07) is 9.59. The van der Waals surface area contributed by atoms with Gasteiger partial charge >= 0.3 is 0 Å². The van der Waals surface area contributed by atoms with Crippen molar-refractivity contribution in [2.75, 3.05) is 12.8 Å². The second-order valence-corrected chi connectivity index (χ2v) is 7.70. The second kappa shape index (κ2) is 6.00. The van der Waals surface area contributed by atoms with Gasteiger partial charge in [0.15, 0.2) is 5.82 Å². The number of amides is 1. The highest BCUT2D eigenvalue weighted by Gasteiger charge is 2.66. The number of carbonyl (C=O) groups is 1. The lowest BCUT2D eigenvalue weighted by Gasteiger charge is -2.18. The Hall–Kier alpha value is -3.50. The number of aryl methyl sites for hydroxylation is 1. The summed E-state index contributed by atoms with van der Waals surface area (Å²) in [7, 11) is 1.72. The van der Waals surface area contributed by atoms with Gasteiger partial charge in [0.1, 0.15) is 11.8 Å². The Morgan fingerprint density at radius 2 is 2.10 bits per heavy atom. The topological polar surface area (TPSA) is 105 Å². The number of nitrogens with zero attached hydrogens (tertiary/aromatic N) is 4. The van der Waals surface area contributed by atoms with E-state index in [1.807, 2.05) is 37.3 Å². The molecule has 1 aliphatic carbocycles. The Bertz CT molecular complexity index is 1240. The van der Waals surface area contributed by atoms with Gasteiger partial charge in [0.25, 0.3) is 5.91 Å². The van der Waals surface area contributed by atoms with Gasteiger partial charge in [-0.15, -0.1) is 0 Å². The van der Waals surface area contributed by atoms with Crippen LogP contribution in [0.5, 0.6) is 0 Å². The Kier molecular flexibility index (Phi) is 3.64. The van der Waals surface area contributed by atoms with Crippen LogP contribution < -0.4 is 5.73 Å². The molecular weight excluding hydrogens is 366 g/mol. The van der Waals surface area contributed by atoms with Crippen molar-refractivity contribution in [2.24, 2.45) is 5.92 Å². The third-order valence-electron chi connectivity index (χ3n) is 5.80. The van der Waals surface area contributed by atoms with E-state index in [9.17, 15) is 9.90 Å². The molecule has 1 aliphatic heterocycles. The lowest BCUT2D eigenvalue weighted by Crippen LogP contribution is -2.41. The molecule has 3 N–H and O–H groups in total. The Balaban J connectivity index is 1.53. The van der Waals surface area contributed by atoms with Crippen LogP contribution in [0.4, 0.5) is 5.82 Å². The van der Waals surface area contributed by atoms with E-state index in [1.165, 1.54) is 6.33 Å². The summed E-state index contributed by atoms with van der Waals surface area (Å²) in [5.41, 5.74) is 8.92. The average molecular weight is 385 g/mol. The molecule has 1 saturated carbocycles. The number of fused-ring (bicyclic) bond motifs is 2. The summed E-state index contributed by atoms with van der Waals surface area (Å²) in [5.74, 6) is 5.74. The largest absolute Gasteiger partial charge is 0.382 e. The number of likely N-dealkylation sites (N-methyl/N-ethyl adjacent to an activating group) is 1. The van der Waals surface area contributed by atoms with E-state index in [0.29, 0.717) is 16.9 Å². The number of nitrogen functional groups attached to an aromatic ring is 1. The van der Waals surface area contributed by atoms with Crippen molar-refractivity contribution < 1.29 is 9.90 Å². The zero-order valence-electron chi connectivity index (χ0n) is 16.0. The van der Waals surface area contributed by atoms with Crippen LogP contribution in [0.25, 0.3) is 22.3 Å². The lowest BCUT2D eigenvalue weighted by atomic mass is 9.98. The van der Waals surface area contributed by atoms with Gasteiger partial charge < -0.3 is 15.7 Å². The van der Waals surface area contributed by atoms with Gasteiger partial charge in [-0.25, -0.2) is 15.0 Å². The Morgan fingerprint density at radius 3 is 2.86 bits per heavy atom. The molecule has 2 aromatic heterocycles. The number of carbonyl (C=O) groups excluding carboxylic acids is 1. The zero-order chi connectivity index (χ0) is 20.3. The molecule has 2 fully saturated rings. The van der Waals surface area contributed by atoms with Crippen molar-refractivity contribution in [1.82, 2.24) is 19.9 Å². The van der Waals surface area contributed by atoms with Crippen molar-refractivity contribution >= 4 is 22.8 Å². The van der Waals surface area contributed by atoms with Crippen molar-refractivity contribution in [3.05, 3.63) is 47.8 Å². The first-order valence-electron chi connectivity index (χ1n) is 9.39. The van der Waals surface area contributed by atoms with Crippen LogP contribution in [0.1, 0.15) is 17.5 Å². The molecule has 7 nitrogen and oxygen atoms in total. The Morgan fingerprint density at radius 1 is 1.28 bits per heavy atom. The van der Waals surface area contributed by atoms with Gasteiger partial charge in [0.05, 0.1) is 11.2 Å². The number of aromatic nitrogens is 3. The van der Waals surface area contributed by atoms with Crippen LogP contribution in [0.15, 0.2) is 36.7 Å². The van der Waals surface area contributed by atoms with Crippen molar-refractivity contribution in [3.63, 3.8) is 0 Å². The molecule has 2 aliphatic rings. The smallest absolute Gasteiger partial charge is 0.267 e. The number of anilines is 1. The molecule has 0 radical (unpaired) electrons. The third-order valence-corrected chi connectivity index (χ3v) is 5.80. The minimum atomic E-state index is -1.58. The van der Waals surface area contributed by atoms with Crippen LogP contribution in [-0.2, 0) is 4.79 Å². The molecule has 29 heavy (non-hydrogen) atoms. The maximum Gasteiger partial charge on any atom is 0.267 e. The molecule has 3 aromatic rings. The predicted molar refractivity (Wildman–Crippen MR) is 108 cm³/mol. The molecule has 3 atom stereocenters. The molecule has 7 heteroatoms. The van der Waals surface area contributed by atoms with E-state index in [0.717, 1.165) is 28.8 Å². The number of aliphatic hydroxyl groups is 1. The SMILES string of the molecule is Cc1cc(-c2cccc(C#C[C@@]3(O)C(=O)N(C)[C@@H]4CC43)c2)nc2c(N)ncnc12. The highest BCUT2D eigenvalue weighted by Crippen LogP contribution is 2.50. The van der Waals surface area contributed by atoms with E-state index in [4.69, 9.17) is 5.73 Å². The van der Waals surface area contributed by atoms with Crippen LogP contribution in [0.2, 0.25) is 0 Å². The van der Waals surface area contributed by atoms with Crippen LogP contribution >= 0.6 is 0 Å². The van der Waals surface area contributed by atoms with Gasteiger partial charge in [0.2, 0.25) is 5.60 Å². The molecule has 5 rings (SSSR count). The van der Waals surface area contributed by atoms with E-state index in [2.05, 4.69) is 26.8 Å². The lowest BCUT2D eigenvalue weighted by molar-refractivity contribution is -0.140. The maximum absolute atomic E-state index is 12.3. The summed E-state index contributed by atoms with van der Waals surface area (Å²) in [6.07, 6.45) is 2.23. The van der Waals surface area contributed by atoms with Gasteiger partial charge in [-0.3, -0.25) is 4.79 Å². The first-order valence-corrected chi connectivity index (χ1v) is 9.39. The normalized spacial score (nSPS) is 24.9. The third kappa shape index (κ3) is 2.64. The molecular formula is C22H19N5O2. The quantitative estimate of drug-likeness (QED) is 0.616. The van der Waals surface area contributed by atoms with Gasteiger partial charge in [-0.05, 0) is 37.1 Å². The van der Waals surface area contributed by atoms with E-state index in [-0.39, 0.29) is 17.9 Å².